The molecule has 1 heterocycles. The van der Waals surface area contributed by atoms with Crippen molar-refractivity contribution in [3.05, 3.63) is 52.0 Å². The fourth-order valence-corrected chi connectivity index (χ4v) is 3.22. The van der Waals surface area contributed by atoms with Crippen molar-refractivity contribution in [3.8, 4) is 0 Å². The predicted molar refractivity (Wildman–Crippen MR) is 80.6 cm³/mol. The number of hydrogen-bond acceptors (Lipinski definition) is 3. The van der Waals surface area contributed by atoms with Gasteiger partial charge in [0.05, 0.1) is 18.3 Å². The second-order valence-electron chi connectivity index (χ2n) is 5.29. The Bertz CT molecular complexity index is 578. The van der Waals surface area contributed by atoms with Crippen LogP contribution in [0.1, 0.15) is 36.3 Å². The van der Waals surface area contributed by atoms with Gasteiger partial charge >= 0.3 is 0 Å². The number of hydrogen-bond donors (Lipinski definition) is 1. The SMILES string of the molecule is C[C@@H](O)c1cccc(F)c1N(Cc1cccs1)C1CC1. The third-order valence-corrected chi connectivity index (χ3v) is 4.51. The maximum atomic E-state index is 14.3. The summed E-state index contributed by atoms with van der Waals surface area (Å²) in [5.41, 5.74) is 1.24. The Morgan fingerprint density at radius 3 is 2.75 bits per heavy atom. The van der Waals surface area contributed by atoms with Crippen molar-refractivity contribution in [2.75, 3.05) is 4.90 Å². The molecule has 0 unspecified atom stereocenters. The Kier molecular flexibility index (Phi) is 3.76. The zero-order valence-electron chi connectivity index (χ0n) is 11.4. The molecule has 1 fully saturated rings. The van der Waals surface area contributed by atoms with Crippen molar-refractivity contribution in [2.45, 2.75) is 38.5 Å². The fraction of sp³-hybridized carbons (Fsp3) is 0.375. The lowest BCUT2D eigenvalue weighted by Gasteiger charge is -2.28. The summed E-state index contributed by atoms with van der Waals surface area (Å²) in [6.07, 6.45) is 1.53. The predicted octanol–water partition coefficient (Wildman–Crippen LogP) is 4.11. The number of nitrogens with zero attached hydrogens (tertiary/aromatic N) is 1. The third kappa shape index (κ3) is 2.72. The van der Waals surface area contributed by atoms with Gasteiger partial charge in [-0.25, -0.2) is 4.39 Å². The molecule has 4 heteroatoms. The summed E-state index contributed by atoms with van der Waals surface area (Å²) in [5, 5.41) is 12.0. The van der Waals surface area contributed by atoms with Gasteiger partial charge < -0.3 is 10.0 Å². The van der Waals surface area contributed by atoms with E-state index in [1.807, 2.05) is 17.5 Å². The Balaban J connectivity index is 1.99. The highest BCUT2D eigenvalue weighted by atomic mass is 32.1. The molecule has 2 aromatic rings. The van der Waals surface area contributed by atoms with Crippen molar-refractivity contribution in [1.82, 2.24) is 0 Å². The molecule has 0 amide bonds. The van der Waals surface area contributed by atoms with E-state index in [0.717, 1.165) is 12.8 Å². The lowest BCUT2D eigenvalue weighted by Crippen LogP contribution is -2.27. The molecule has 1 aromatic heterocycles. The minimum atomic E-state index is -0.662. The van der Waals surface area contributed by atoms with Crippen molar-refractivity contribution >= 4 is 17.0 Å². The third-order valence-electron chi connectivity index (χ3n) is 3.65. The highest BCUT2D eigenvalue weighted by Crippen LogP contribution is 2.38. The van der Waals surface area contributed by atoms with Crippen molar-refractivity contribution in [3.63, 3.8) is 0 Å². The van der Waals surface area contributed by atoms with Crippen molar-refractivity contribution < 1.29 is 9.50 Å². The number of aliphatic hydroxyl groups excluding tert-OH is 1. The van der Waals surface area contributed by atoms with Gasteiger partial charge in [-0.2, -0.15) is 0 Å². The molecule has 0 saturated heterocycles. The van der Waals surface area contributed by atoms with Crippen LogP contribution in [0.5, 0.6) is 0 Å². The first kappa shape index (κ1) is 13.6. The lowest BCUT2D eigenvalue weighted by molar-refractivity contribution is 0.199. The number of benzene rings is 1. The molecule has 20 heavy (non-hydrogen) atoms. The zero-order chi connectivity index (χ0) is 14.1. The molecule has 1 saturated carbocycles. The number of rotatable bonds is 5. The van der Waals surface area contributed by atoms with Crippen LogP contribution < -0.4 is 4.90 Å². The molecule has 1 N–H and O–H groups in total. The van der Waals surface area contributed by atoms with Crippen LogP contribution >= 0.6 is 11.3 Å². The molecule has 0 bridgehead atoms. The van der Waals surface area contributed by atoms with Crippen LogP contribution in [-0.2, 0) is 6.54 Å². The average Bonchev–Trinajstić information content (AvgIpc) is 3.13. The lowest BCUT2D eigenvalue weighted by atomic mass is 10.1. The summed E-state index contributed by atoms with van der Waals surface area (Å²) in [5.74, 6) is -0.244. The second kappa shape index (κ2) is 5.54. The van der Waals surface area contributed by atoms with Crippen molar-refractivity contribution in [1.29, 1.82) is 0 Å². The Labute approximate surface area is 122 Å². The molecular formula is C16H18FNOS. The number of para-hydroxylation sites is 1. The van der Waals surface area contributed by atoms with E-state index >= 15 is 0 Å². The van der Waals surface area contributed by atoms with Gasteiger partial charge in [-0.15, -0.1) is 11.3 Å². The van der Waals surface area contributed by atoms with Gasteiger partial charge in [-0.05, 0) is 37.3 Å². The quantitative estimate of drug-likeness (QED) is 0.896. The van der Waals surface area contributed by atoms with Crippen molar-refractivity contribution in [2.24, 2.45) is 0 Å². The average molecular weight is 291 g/mol. The maximum absolute atomic E-state index is 14.3. The van der Waals surface area contributed by atoms with Gasteiger partial charge in [0.15, 0.2) is 0 Å². The van der Waals surface area contributed by atoms with Crippen LogP contribution in [0.4, 0.5) is 10.1 Å². The first-order valence-corrected chi connectivity index (χ1v) is 7.80. The topological polar surface area (TPSA) is 23.5 Å². The van der Waals surface area contributed by atoms with Crippen LogP contribution in [0, 0.1) is 5.82 Å². The molecular weight excluding hydrogens is 273 g/mol. The smallest absolute Gasteiger partial charge is 0.146 e. The van der Waals surface area contributed by atoms with E-state index in [1.165, 1.54) is 10.9 Å². The Hall–Kier alpha value is -1.39. The minimum Gasteiger partial charge on any atom is -0.389 e. The van der Waals surface area contributed by atoms with E-state index in [9.17, 15) is 9.50 Å². The molecule has 3 rings (SSSR count). The van der Waals surface area contributed by atoms with E-state index in [4.69, 9.17) is 0 Å². The summed E-state index contributed by atoms with van der Waals surface area (Å²) in [6, 6.07) is 9.44. The molecule has 1 aliphatic carbocycles. The maximum Gasteiger partial charge on any atom is 0.146 e. The van der Waals surface area contributed by atoms with Gasteiger partial charge in [0, 0.05) is 16.5 Å². The molecule has 0 radical (unpaired) electrons. The monoisotopic (exact) mass is 291 g/mol. The van der Waals surface area contributed by atoms with Crippen LogP contribution in [0.2, 0.25) is 0 Å². The van der Waals surface area contributed by atoms with Gasteiger partial charge in [-0.3, -0.25) is 0 Å². The van der Waals surface area contributed by atoms with E-state index in [2.05, 4.69) is 11.0 Å². The number of anilines is 1. The van der Waals surface area contributed by atoms with Gasteiger partial charge in [0.2, 0.25) is 0 Å². The van der Waals surface area contributed by atoms with E-state index in [1.54, 1.807) is 24.3 Å². The molecule has 1 atom stereocenters. The zero-order valence-corrected chi connectivity index (χ0v) is 12.2. The van der Waals surface area contributed by atoms with E-state index < -0.39 is 6.10 Å². The van der Waals surface area contributed by atoms with Gasteiger partial charge in [0.25, 0.3) is 0 Å². The summed E-state index contributed by atoms with van der Waals surface area (Å²) in [4.78, 5) is 3.33. The van der Waals surface area contributed by atoms with Gasteiger partial charge in [0.1, 0.15) is 5.82 Å². The van der Waals surface area contributed by atoms with Crippen LogP contribution in [0.3, 0.4) is 0 Å². The standard InChI is InChI=1S/C16H18FNOS/c1-11(19)14-5-2-6-15(17)16(14)18(12-7-8-12)10-13-4-3-9-20-13/h2-6,9,11-12,19H,7-8,10H2,1H3/t11-/m1/s1. The molecule has 2 nitrogen and oxygen atoms in total. The first-order valence-electron chi connectivity index (χ1n) is 6.92. The second-order valence-corrected chi connectivity index (χ2v) is 6.32. The molecule has 106 valence electrons. The Morgan fingerprint density at radius 2 is 2.15 bits per heavy atom. The normalized spacial score (nSPS) is 16.1. The van der Waals surface area contributed by atoms with Crippen LogP contribution in [-0.4, -0.2) is 11.1 Å². The summed E-state index contributed by atoms with van der Waals surface area (Å²) < 4.78 is 14.3. The molecule has 0 spiro atoms. The fourth-order valence-electron chi connectivity index (χ4n) is 2.52. The molecule has 0 aliphatic heterocycles. The number of thiophene rings is 1. The molecule has 1 aliphatic rings. The summed E-state index contributed by atoms with van der Waals surface area (Å²) in [7, 11) is 0. The highest BCUT2D eigenvalue weighted by Gasteiger charge is 2.32. The van der Waals surface area contributed by atoms with E-state index in [0.29, 0.717) is 23.8 Å². The number of aliphatic hydroxyl groups is 1. The van der Waals surface area contributed by atoms with E-state index in [-0.39, 0.29) is 5.82 Å². The minimum absolute atomic E-state index is 0.244. The largest absolute Gasteiger partial charge is 0.389 e. The van der Waals surface area contributed by atoms with Gasteiger partial charge in [-0.1, -0.05) is 18.2 Å². The number of halogens is 1. The Morgan fingerprint density at radius 1 is 1.35 bits per heavy atom. The first-order chi connectivity index (χ1) is 9.66. The summed E-state index contributed by atoms with van der Waals surface area (Å²) >= 11 is 1.68. The van der Waals surface area contributed by atoms with Crippen LogP contribution in [0.25, 0.3) is 0 Å². The molecule has 1 aromatic carbocycles. The summed E-state index contributed by atoms with van der Waals surface area (Å²) in [6.45, 7) is 2.40. The highest BCUT2D eigenvalue weighted by molar-refractivity contribution is 7.09. The van der Waals surface area contributed by atoms with Crippen LogP contribution in [0.15, 0.2) is 35.7 Å².